The van der Waals surface area contributed by atoms with Crippen LogP contribution in [0.25, 0.3) is 0 Å². The molecule has 40 heavy (non-hydrogen) atoms. The molecule has 1 N–H and O–H groups in total. The number of anilines is 1. The first-order valence-electron chi connectivity index (χ1n) is 12.8. The van der Waals surface area contributed by atoms with Crippen LogP contribution in [0.4, 0.5) is 5.69 Å². The van der Waals surface area contributed by atoms with Crippen molar-refractivity contribution in [2.45, 2.75) is 43.1 Å². The van der Waals surface area contributed by atoms with E-state index in [4.69, 9.17) is 16.3 Å². The molecule has 0 fully saturated rings. The number of hydrogen-bond donors (Lipinski definition) is 1. The molecular formula is C29H34ClN3O5S2. The summed E-state index contributed by atoms with van der Waals surface area (Å²) in [5.41, 5.74) is 0.922. The standard InChI is InChI=1S/C29H34ClN3O5S2/c1-5-31-29(35)21(3)32(19-22-9-7-8-10-27(22)30)28(34)20-33(23-11-13-24(14-12-23)38-6-2)40(36,37)26-17-15-25(39-4)16-18-26/h7-18,21H,5-6,19-20H2,1-4H3,(H,31,35). The molecule has 1 unspecified atom stereocenters. The number of halogens is 1. The lowest BCUT2D eigenvalue weighted by Gasteiger charge is -2.32. The summed E-state index contributed by atoms with van der Waals surface area (Å²) < 4.78 is 34.4. The third-order valence-electron chi connectivity index (χ3n) is 6.18. The van der Waals surface area contributed by atoms with Gasteiger partial charge in [-0.25, -0.2) is 8.42 Å². The molecule has 0 radical (unpaired) electrons. The number of carbonyl (C=O) groups excluding carboxylic acids is 2. The molecule has 0 aromatic heterocycles. The minimum absolute atomic E-state index is 0.0242. The Balaban J connectivity index is 2.04. The van der Waals surface area contributed by atoms with E-state index >= 15 is 0 Å². The second-order valence-corrected chi connectivity index (χ2v) is 11.9. The number of likely N-dealkylation sites (N-methyl/N-ethyl adjacent to an activating group) is 1. The van der Waals surface area contributed by atoms with Gasteiger partial charge in [-0.1, -0.05) is 29.8 Å². The Morgan fingerprint density at radius 2 is 1.65 bits per heavy atom. The van der Waals surface area contributed by atoms with Gasteiger partial charge >= 0.3 is 0 Å². The SMILES string of the molecule is CCNC(=O)C(C)N(Cc1ccccc1Cl)C(=O)CN(c1ccc(OCC)cc1)S(=O)(=O)c1ccc(SC)cc1. The molecule has 3 aromatic carbocycles. The number of carbonyl (C=O) groups is 2. The van der Waals surface area contributed by atoms with Gasteiger partial charge in [-0.2, -0.15) is 0 Å². The number of thioether (sulfide) groups is 1. The fourth-order valence-corrected chi connectivity index (χ4v) is 6.01. The van der Waals surface area contributed by atoms with Crippen LogP contribution in [0.2, 0.25) is 5.02 Å². The fourth-order valence-electron chi connectivity index (χ4n) is 3.99. The maximum atomic E-state index is 13.9. The van der Waals surface area contributed by atoms with Crippen molar-refractivity contribution < 1.29 is 22.7 Å². The number of benzene rings is 3. The Hall–Kier alpha value is -3.21. The number of amides is 2. The molecule has 1 atom stereocenters. The van der Waals surface area contributed by atoms with Crippen LogP contribution in [0.3, 0.4) is 0 Å². The molecule has 11 heteroatoms. The van der Waals surface area contributed by atoms with Crippen LogP contribution < -0.4 is 14.4 Å². The number of nitrogens with one attached hydrogen (secondary N) is 1. The van der Waals surface area contributed by atoms with Crippen molar-refractivity contribution in [1.29, 1.82) is 0 Å². The van der Waals surface area contributed by atoms with Crippen LogP contribution >= 0.6 is 23.4 Å². The highest BCUT2D eigenvalue weighted by Crippen LogP contribution is 2.28. The lowest BCUT2D eigenvalue weighted by Crippen LogP contribution is -2.51. The number of sulfonamides is 1. The topological polar surface area (TPSA) is 96.0 Å². The number of rotatable bonds is 13. The number of ether oxygens (including phenoxy) is 1. The largest absolute Gasteiger partial charge is 0.494 e. The van der Waals surface area contributed by atoms with E-state index < -0.39 is 28.5 Å². The lowest BCUT2D eigenvalue weighted by molar-refractivity contribution is -0.139. The summed E-state index contributed by atoms with van der Waals surface area (Å²) in [6.45, 7) is 5.58. The van der Waals surface area contributed by atoms with Crippen LogP contribution in [-0.4, -0.2) is 57.1 Å². The molecule has 0 aliphatic heterocycles. The van der Waals surface area contributed by atoms with Crippen molar-refractivity contribution in [1.82, 2.24) is 10.2 Å². The second kappa shape index (κ2) is 14.4. The van der Waals surface area contributed by atoms with Gasteiger partial charge in [0.25, 0.3) is 10.0 Å². The predicted octanol–water partition coefficient (Wildman–Crippen LogP) is 5.21. The van der Waals surface area contributed by atoms with Gasteiger partial charge in [-0.15, -0.1) is 11.8 Å². The Labute approximate surface area is 245 Å². The van der Waals surface area contributed by atoms with Crippen molar-refractivity contribution in [3.8, 4) is 5.75 Å². The molecule has 0 spiro atoms. The summed E-state index contributed by atoms with van der Waals surface area (Å²) in [6, 6.07) is 19.1. The first-order valence-corrected chi connectivity index (χ1v) is 15.9. The van der Waals surface area contributed by atoms with Crippen LogP contribution in [0.1, 0.15) is 26.3 Å². The third-order valence-corrected chi connectivity index (χ3v) is 9.08. The third kappa shape index (κ3) is 7.71. The summed E-state index contributed by atoms with van der Waals surface area (Å²) in [6.07, 6.45) is 1.90. The molecule has 0 saturated heterocycles. The minimum Gasteiger partial charge on any atom is -0.494 e. The zero-order valence-corrected chi connectivity index (χ0v) is 25.4. The summed E-state index contributed by atoms with van der Waals surface area (Å²) >= 11 is 7.87. The quantitative estimate of drug-likeness (QED) is 0.270. The molecule has 0 bridgehead atoms. The molecular weight excluding hydrogens is 570 g/mol. The van der Waals surface area contributed by atoms with E-state index in [-0.39, 0.29) is 23.0 Å². The highest BCUT2D eigenvalue weighted by Gasteiger charge is 2.32. The molecule has 3 aromatic rings. The molecule has 0 aliphatic rings. The van der Waals surface area contributed by atoms with E-state index in [2.05, 4.69) is 5.32 Å². The van der Waals surface area contributed by atoms with Gasteiger partial charge in [0.1, 0.15) is 18.3 Å². The molecule has 214 valence electrons. The first kappa shape index (κ1) is 31.3. The van der Waals surface area contributed by atoms with Crippen molar-refractivity contribution in [2.24, 2.45) is 0 Å². The Morgan fingerprint density at radius 3 is 2.23 bits per heavy atom. The molecule has 8 nitrogen and oxygen atoms in total. The van der Waals surface area contributed by atoms with Gasteiger partial charge in [-0.3, -0.25) is 13.9 Å². The normalized spacial score (nSPS) is 11.9. The Morgan fingerprint density at radius 1 is 1.00 bits per heavy atom. The van der Waals surface area contributed by atoms with Gasteiger partial charge in [0.05, 0.1) is 17.2 Å². The molecule has 0 saturated carbocycles. The van der Waals surface area contributed by atoms with Crippen LogP contribution in [-0.2, 0) is 26.2 Å². The average molecular weight is 604 g/mol. The van der Waals surface area contributed by atoms with E-state index in [1.54, 1.807) is 74.5 Å². The minimum atomic E-state index is -4.16. The van der Waals surface area contributed by atoms with E-state index in [9.17, 15) is 18.0 Å². The zero-order chi connectivity index (χ0) is 29.3. The van der Waals surface area contributed by atoms with Gasteiger partial charge in [-0.05, 0) is 87.2 Å². The second-order valence-electron chi connectivity index (χ2n) is 8.80. The van der Waals surface area contributed by atoms with E-state index in [1.807, 2.05) is 13.2 Å². The van der Waals surface area contributed by atoms with Crippen molar-refractivity contribution in [3.63, 3.8) is 0 Å². The van der Waals surface area contributed by atoms with E-state index in [0.717, 1.165) is 9.20 Å². The van der Waals surface area contributed by atoms with Gasteiger partial charge in [0, 0.05) is 23.0 Å². The summed E-state index contributed by atoms with van der Waals surface area (Å²) in [5.74, 6) is -0.340. The van der Waals surface area contributed by atoms with Crippen LogP contribution in [0.5, 0.6) is 5.75 Å². The molecule has 0 heterocycles. The molecule has 0 aliphatic carbocycles. The first-order chi connectivity index (χ1) is 19.1. The maximum Gasteiger partial charge on any atom is 0.264 e. The zero-order valence-electron chi connectivity index (χ0n) is 23.0. The van der Waals surface area contributed by atoms with Crippen LogP contribution in [0, 0.1) is 0 Å². The highest BCUT2D eigenvalue weighted by atomic mass is 35.5. The number of hydrogen-bond acceptors (Lipinski definition) is 6. The van der Waals surface area contributed by atoms with Gasteiger partial charge in [0.2, 0.25) is 11.8 Å². The van der Waals surface area contributed by atoms with E-state index in [1.165, 1.54) is 28.8 Å². The smallest absolute Gasteiger partial charge is 0.264 e. The van der Waals surface area contributed by atoms with Crippen LogP contribution in [0.15, 0.2) is 82.6 Å². The van der Waals surface area contributed by atoms with Crippen molar-refractivity contribution in [3.05, 3.63) is 83.4 Å². The highest BCUT2D eigenvalue weighted by molar-refractivity contribution is 7.98. The maximum absolute atomic E-state index is 13.9. The summed E-state index contributed by atoms with van der Waals surface area (Å²) in [4.78, 5) is 29.0. The Bertz CT molecular complexity index is 1400. The average Bonchev–Trinajstić information content (AvgIpc) is 2.95. The lowest BCUT2D eigenvalue weighted by atomic mass is 10.1. The van der Waals surface area contributed by atoms with E-state index in [0.29, 0.717) is 29.5 Å². The fraction of sp³-hybridized carbons (Fsp3) is 0.310. The summed E-state index contributed by atoms with van der Waals surface area (Å²) in [7, 11) is -4.16. The van der Waals surface area contributed by atoms with Gasteiger partial charge in [0.15, 0.2) is 0 Å². The number of nitrogens with zero attached hydrogens (tertiary/aromatic N) is 2. The van der Waals surface area contributed by atoms with Gasteiger partial charge < -0.3 is 15.0 Å². The predicted molar refractivity (Wildman–Crippen MR) is 161 cm³/mol. The molecule has 3 rings (SSSR count). The van der Waals surface area contributed by atoms with Crippen molar-refractivity contribution >= 4 is 50.9 Å². The Kier molecular flexibility index (Phi) is 11.3. The van der Waals surface area contributed by atoms with Crippen molar-refractivity contribution in [2.75, 3.05) is 30.3 Å². The monoisotopic (exact) mass is 603 g/mol. The summed E-state index contributed by atoms with van der Waals surface area (Å²) in [5, 5.41) is 3.18. The molecule has 2 amide bonds.